The Balaban J connectivity index is 2.54. The second-order valence-electron chi connectivity index (χ2n) is 3.05. The molecule has 3 heteroatoms. The molecule has 0 fully saturated rings. The first kappa shape index (κ1) is 9.71. The van der Waals surface area contributed by atoms with Crippen LogP contribution < -0.4 is 9.88 Å². The first-order valence-corrected chi connectivity index (χ1v) is 4.47. The third-order valence-corrected chi connectivity index (χ3v) is 1.74. The van der Waals surface area contributed by atoms with Crippen molar-refractivity contribution in [2.24, 2.45) is 7.05 Å². The van der Waals surface area contributed by atoms with Crippen molar-refractivity contribution >= 4 is 11.6 Å². The van der Waals surface area contributed by atoms with Gasteiger partial charge in [0, 0.05) is 18.6 Å². The van der Waals surface area contributed by atoms with E-state index >= 15 is 0 Å². The molecule has 0 saturated heterocycles. The average Bonchev–Trinajstić information content (AvgIpc) is 2.09. The number of amides is 1. The number of nitrogens with one attached hydrogen (secondary N) is 1. The van der Waals surface area contributed by atoms with Gasteiger partial charge in [0.25, 0.3) is 0 Å². The number of anilines is 1. The first-order chi connectivity index (χ1) is 6.22. The summed E-state index contributed by atoms with van der Waals surface area (Å²) in [5.41, 5.74) is 0.858. The molecule has 0 unspecified atom stereocenters. The molecule has 0 aliphatic carbocycles. The van der Waals surface area contributed by atoms with Crippen molar-refractivity contribution in [3.05, 3.63) is 24.5 Å². The summed E-state index contributed by atoms with van der Waals surface area (Å²) >= 11 is 0. The Kier molecular flexibility index (Phi) is 3.43. The molecular formula is C10H15N2O+. The molecule has 0 atom stereocenters. The Morgan fingerprint density at radius 2 is 2.08 bits per heavy atom. The van der Waals surface area contributed by atoms with Crippen LogP contribution in [-0.4, -0.2) is 5.91 Å². The highest BCUT2D eigenvalue weighted by Gasteiger charge is 2.00. The van der Waals surface area contributed by atoms with Gasteiger partial charge in [-0.05, 0) is 6.42 Å². The Morgan fingerprint density at radius 1 is 1.46 bits per heavy atom. The highest BCUT2D eigenvalue weighted by atomic mass is 16.1. The fraction of sp³-hybridized carbons (Fsp3) is 0.400. The van der Waals surface area contributed by atoms with Crippen molar-refractivity contribution in [1.82, 2.24) is 0 Å². The largest absolute Gasteiger partial charge is 0.326 e. The minimum atomic E-state index is 0.0800. The zero-order valence-electron chi connectivity index (χ0n) is 8.08. The molecule has 1 aromatic rings. The fourth-order valence-corrected chi connectivity index (χ4v) is 1.03. The van der Waals surface area contributed by atoms with E-state index in [4.69, 9.17) is 0 Å². The Hall–Kier alpha value is -1.38. The molecule has 1 aromatic heterocycles. The van der Waals surface area contributed by atoms with E-state index in [0.29, 0.717) is 6.42 Å². The van der Waals surface area contributed by atoms with Crippen LogP contribution in [0.4, 0.5) is 5.69 Å². The maximum Gasteiger partial charge on any atom is 0.224 e. The molecule has 0 bridgehead atoms. The van der Waals surface area contributed by atoms with Crippen LogP contribution in [0.3, 0.4) is 0 Å². The second kappa shape index (κ2) is 4.60. The number of nitrogens with zero attached hydrogens (tertiary/aromatic N) is 1. The second-order valence-corrected chi connectivity index (χ2v) is 3.05. The molecule has 0 aromatic carbocycles. The van der Waals surface area contributed by atoms with Crippen molar-refractivity contribution in [2.45, 2.75) is 19.8 Å². The number of rotatable bonds is 3. The summed E-state index contributed by atoms with van der Waals surface area (Å²) in [5.74, 6) is 0.0800. The number of aromatic nitrogens is 1. The lowest BCUT2D eigenvalue weighted by Crippen LogP contribution is -2.26. The standard InChI is InChI=1S/C10H14N2O/c1-3-4-10(13)11-9-5-7-12(2)8-6-9/h5-8H,3-4H2,1-2H3/p+1. The van der Waals surface area contributed by atoms with Gasteiger partial charge in [-0.3, -0.25) is 4.79 Å². The molecule has 3 nitrogen and oxygen atoms in total. The molecule has 13 heavy (non-hydrogen) atoms. The molecule has 0 spiro atoms. The van der Waals surface area contributed by atoms with Gasteiger partial charge >= 0.3 is 0 Å². The molecule has 1 heterocycles. The van der Waals surface area contributed by atoms with Crippen LogP contribution in [0.2, 0.25) is 0 Å². The van der Waals surface area contributed by atoms with E-state index in [1.807, 2.05) is 43.1 Å². The zero-order valence-corrected chi connectivity index (χ0v) is 8.08. The summed E-state index contributed by atoms with van der Waals surface area (Å²) in [4.78, 5) is 11.2. The molecule has 0 aliphatic rings. The molecule has 0 saturated carbocycles. The van der Waals surface area contributed by atoms with Gasteiger partial charge in [0.05, 0.1) is 5.69 Å². The zero-order chi connectivity index (χ0) is 9.68. The Morgan fingerprint density at radius 3 is 2.62 bits per heavy atom. The average molecular weight is 179 g/mol. The van der Waals surface area contributed by atoms with Crippen LogP contribution >= 0.6 is 0 Å². The van der Waals surface area contributed by atoms with Crippen molar-refractivity contribution in [3.8, 4) is 0 Å². The number of aryl methyl sites for hydroxylation is 1. The Labute approximate surface area is 78.4 Å². The monoisotopic (exact) mass is 179 g/mol. The van der Waals surface area contributed by atoms with E-state index in [1.165, 1.54) is 0 Å². The number of pyridine rings is 1. The molecule has 0 radical (unpaired) electrons. The van der Waals surface area contributed by atoms with Crippen LogP contribution in [-0.2, 0) is 11.8 Å². The molecule has 0 aliphatic heterocycles. The number of carbonyl (C=O) groups excluding carboxylic acids is 1. The molecular weight excluding hydrogens is 164 g/mol. The maximum atomic E-state index is 11.2. The number of hydrogen-bond donors (Lipinski definition) is 1. The van der Waals surface area contributed by atoms with Crippen LogP contribution in [0, 0.1) is 0 Å². The topological polar surface area (TPSA) is 33.0 Å². The van der Waals surface area contributed by atoms with Gasteiger partial charge in [0.1, 0.15) is 7.05 Å². The lowest BCUT2D eigenvalue weighted by atomic mass is 10.3. The summed E-state index contributed by atoms with van der Waals surface area (Å²) in [5, 5.41) is 2.82. The van der Waals surface area contributed by atoms with Crippen LogP contribution in [0.15, 0.2) is 24.5 Å². The van der Waals surface area contributed by atoms with Crippen molar-refractivity contribution in [3.63, 3.8) is 0 Å². The number of hydrogen-bond acceptors (Lipinski definition) is 1. The van der Waals surface area contributed by atoms with Crippen LogP contribution in [0.25, 0.3) is 0 Å². The molecule has 1 rings (SSSR count). The van der Waals surface area contributed by atoms with Crippen molar-refractivity contribution in [1.29, 1.82) is 0 Å². The van der Waals surface area contributed by atoms with Gasteiger partial charge < -0.3 is 5.32 Å². The smallest absolute Gasteiger partial charge is 0.224 e. The highest BCUT2D eigenvalue weighted by molar-refractivity contribution is 5.90. The van der Waals surface area contributed by atoms with Crippen molar-refractivity contribution < 1.29 is 9.36 Å². The van der Waals surface area contributed by atoms with E-state index < -0.39 is 0 Å². The van der Waals surface area contributed by atoms with Gasteiger partial charge in [0.2, 0.25) is 5.91 Å². The third-order valence-electron chi connectivity index (χ3n) is 1.74. The summed E-state index contributed by atoms with van der Waals surface area (Å²) in [6.45, 7) is 1.99. The van der Waals surface area contributed by atoms with Gasteiger partial charge in [-0.2, -0.15) is 0 Å². The SMILES string of the molecule is CCCC(=O)Nc1cc[n+](C)cc1. The lowest BCUT2D eigenvalue weighted by molar-refractivity contribution is -0.671. The highest BCUT2D eigenvalue weighted by Crippen LogP contribution is 2.03. The van der Waals surface area contributed by atoms with E-state index in [9.17, 15) is 4.79 Å². The summed E-state index contributed by atoms with van der Waals surface area (Å²) in [7, 11) is 1.94. The van der Waals surface area contributed by atoms with E-state index in [0.717, 1.165) is 12.1 Å². The van der Waals surface area contributed by atoms with E-state index in [-0.39, 0.29) is 5.91 Å². The minimum absolute atomic E-state index is 0.0800. The molecule has 70 valence electrons. The van der Waals surface area contributed by atoms with E-state index in [1.54, 1.807) is 0 Å². The summed E-state index contributed by atoms with van der Waals surface area (Å²) in [6.07, 6.45) is 5.27. The van der Waals surface area contributed by atoms with Gasteiger partial charge in [-0.1, -0.05) is 6.92 Å². The van der Waals surface area contributed by atoms with Crippen molar-refractivity contribution in [2.75, 3.05) is 5.32 Å². The fourth-order valence-electron chi connectivity index (χ4n) is 1.03. The quantitative estimate of drug-likeness (QED) is 0.696. The van der Waals surface area contributed by atoms with Gasteiger partial charge in [0.15, 0.2) is 12.4 Å². The lowest BCUT2D eigenvalue weighted by Gasteiger charge is -2.01. The van der Waals surface area contributed by atoms with Crippen LogP contribution in [0.1, 0.15) is 19.8 Å². The molecule has 1 amide bonds. The first-order valence-electron chi connectivity index (χ1n) is 4.47. The maximum absolute atomic E-state index is 11.2. The normalized spacial score (nSPS) is 9.69. The van der Waals surface area contributed by atoms with Gasteiger partial charge in [-0.25, -0.2) is 4.57 Å². The van der Waals surface area contributed by atoms with Gasteiger partial charge in [-0.15, -0.1) is 0 Å². The third kappa shape index (κ3) is 3.23. The van der Waals surface area contributed by atoms with Crippen LogP contribution in [0.5, 0.6) is 0 Å². The number of carbonyl (C=O) groups is 1. The predicted molar refractivity (Wildman–Crippen MR) is 51.2 cm³/mol. The van der Waals surface area contributed by atoms with E-state index in [2.05, 4.69) is 5.32 Å². The minimum Gasteiger partial charge on any atom is -0.326 e. The summed E-state index contributed by atoms with van der Waals surface area (Å²) in [6, 6.07) is 3.76. The summed E-state index contributed by atoms with van der Waals surface area (Å²) < 4.78 is 1.93. The Bertz CT molecular complexity index is 279. The molecule has 1 N–H and O–H groups in total. The predicted octanol–water partition coefficient (Wildman–Crippen LogP) is 1.25.